The van der Waals surface area contributed by atoms with Crippen LogP contribution in [-0.4, -0.2) is 21.3 Å². The zero-order valence-electron chi connectivity index (χ0n) is 10.3. The fourth-order valence-corrected chi connectivity index (χ4v) is 5.05. The molecule has 0 radical (unpaired) electrons. The number of hydrogen-bond acceptors (Lipinski definition) is 2. The normalized spacial score (nSPS) is 40.5. The molecular weight excluding hydrogens is 230 g/mol. The van der Waals surface area contributed by atoms with Crippen LogP contribution in [0.2, 0.25) is 0 Å². The Hall–Kier alpha value is -0.670. The molecule has 5 atom stereocenters. The summed E-state index contributed by atoms with van der Waals surface area (Å²) < 4.78 is 12.4. The van der Waals surface area contributed by atoms with Gasteiger partial charge in [-0.15, -0.1) is 0 Å². The lowest BCUT2D eigenvalue weighted by Gasteiger charge is -2.41. The van der Waals surface area contributed by atoms with Gasteiger partial charge >= 0.3 is 0 Å². The maximum absolute atomic E-state index is 12.4. The maximum Gasteiger partial charge on any atom is 0.0551 e. The Morgan fingerprint density at radius 3 is 2.71 bits per heavy atom. The molecule has 5 unspecified atom stereocenters. The average Bonchev–Trinajstić information content (AvgIpc) is 2.35. The Labute approximate surface area is 105 Å². The van der Waals surface area contributed by atoms with Crippen LogP contribution in [0.5, 0.6) is 0 Å². The topological polar surface area (TPSA) is 29.1 Å². The summed E-state index contributed by atoms with van der Waals surface area (Å²) in [7, 11) is -0.692. The zero-order chi connectivity index (χ0) is 12.0. The van der Waals surface area contributed by atoms with E-state index in [9.17, 15) is 4.21 Å². The molecule has 1 aromatic rings. The van der Waals surface area contributed by atoms with E-state index in [0.29, 0.717) is 17.2 Å². The van der Waals surface area contributed by atoms with E-state index in [0.717, 1.165) is 13.0 Å². The molecule has 1 heterocycles. The first-order valence-electron chi connectivity index (χ1n) is 6.40. The van der Waals surface area contributed by atoms with Gasteiger partial charge in [0.05, 0.1) is 5.25 Å². The van der Waals surface area contributed by atoms with Crippen molar-refractivity contribution in [2.45, 2.75) is 42.7 Å². The van der Waals surface area contributed by atoms with Crippen LogP contribution in [0.25, 0.3) is 0 Å². The summed E-state index contributed by atoms with van der Waals surface area (Å²) in [4.78, 5) is 0. The van der Waals surface area contributed by atoms with E-state index in [4.69, 9.17) is 0 Å². The van der Waals surface area contributed by atoms with Crippen molar-refractivity contribution in [2.24, 2.45) is 0 Å². The molecule has 1 aliphatic carbocycles. The highest BCUT2D eigenvalue weighted by Gasteiger charge is 2.40. The molecule has 1 N–H and O–H groups in total. The summed E-state index contributed by atoms with van der Waals surface area (Å²) in [6, 6.07) is 8.93. The number of rotatable bonds is 0. The summed E-state index contributed by atoms with van der Waals surface area (Å²) in [6.45, 7) is 5.21. The van der Waals surface area contributed by atoms with Crippen LogP contribution in [0.4, 0.5) is 0 Å². The van der Waals surface area contributed by atoms with Crippen molar-refractivity contribution < 1.29 is 4.21 Å². The smallest absolute Gasteiger partial charge is 0.0551 e. The summed E-state index contributed by atoms with van der Waals surface area (Å²) in [5.74, 6) is 0.531. The van der Waals surface area contributed by atoms with Crippen molar-refractivity contribution in [1.29, 1.82) is 0 Å². The third kappa shape index (κ3) is 1.76. The van der Waals surface area contributed by atoms with Crippen LogP contribution in [0.3, 0.4) is 0 Å². The lowest BCUT2D eigenvalue weighted by molar-refractivity contribution is 0.416. The van der Waals surface area contributed by atoms with Gasteiger partial charge in [0.25, 0.3) is 0 Å². The van der Waals surface area contributed by atoms with Gasteiger partial charge in [-0.3, -0.25) is 4.21 Å². The molecule has 3 rings (SSSR count). The summed E-state index contributed by atoms with van der Waals surface area (Å²) in [5, 5.41) is 4.17. The van der Waals surface area contributed by atoms with E-state index >= 15 is 0 Å². The van der Waals surface area contributed by atoms with Gasteiger partial charge in [-0.25, -0.2) is 0 Å². The van der Waals surface area contributed by atoms with E-state index < -0.39 is 10.8 Å². The van der Waals surface area contributed by atoms with Crippen LogP contribution in [0.1, 0.15) is 43.4 Å². The third-order valence-electron chi connectivity index (χ3n) is 4.14. The van der Waals surface area contributed by atoms with Gasteiger partial charge < -0.3 is 5.32 Å². The lowest BCUT2D eigenvalue weighted by Crippen LogP contribution is -2.50. The Kier molecular flexibility index (Phi) is 2.83. The van der Waals surface area contributed by atoms with Gasteiger partial charge in [-0.05, 0) is 30.4 Å². The zero-order valence-corrected chi connectivity index (χ0v) is 11.2. The molecule has 1 fully saturated rings. The van der Waals surface area contributed by atoms with Crippen molar-refractivity contribution >= 4 is 10.8 Å². The fraction of sp³-hybridized carbons (Fsp3) is 0.571. The van der Waals surface area contributed by atoms with Crippen molar-refractivity contribution in [3.8, 4) is 0 Å². The van der Waals surface area contributed by atoms with Crippen LogP contribution in [-0.2, 0) is 10.8 Å². The first-order valence-corrected chi connectivity index (χ1v) is 7.67. The minimum absolute atomic E-state index is 0.286. The Balaban J connectivity index is 2.04. The molecule has 1 aromatic carbocycles. The molecule has 1 aliphatic heterocycles. The predicted octanol–water partition coefficient (Wildman–Crippen LogP) is 2.34. The molecule has 0 aromatic heterocycles. The van der Waals surface area contributed by atoms with Gasteiger partial charge in [-0.2, -0.15) is 0 Å². The van der Waals surface area contributed by atoms with E-state index in [1.165, 1.54) is 11.1 Å². The molecular formula is C14H19NOS. The minimum atomic E-state index is -0.692. The van der Waals surface area contributed by atoms with Gasteiger partial charge in [-0.1, -0.05) is 31.2 Å². The molecule has 2 aliphatic rings. The van der Waals surface area contributed by atoms with E-state index in [1.54, 1.807) is 0 Å². The van der Waals surface area contributed by atoms with Crippen LogP contribution < -0.4 is 5.32 Å². The molecule has 1 saturated heterocycles. The van der Waals surface area contributed by atoms with Crippen LogP contribution in [0, 0.1) is 0 Å². The molecule has 3 heteroatoms. The van der Waals surface area contributed by atoms with Crippen molar-refractivity contribution in [2.75, 3.05) is 6.54 Å². The largest absolute Gasteiger partial charge is 0.308 e. The third-order valence-corrected chi connectivity index (χ3v) is 6.16. The van der Waals surface area contributed by atoms with E-state index in [2.05, 4.69) is 43.4 Å². The second kappa shape index (κ2) is 4.21. The van der Waals surface area contributed by atoms with E-state index in [1.807, 2.05) is 0 Å². The molecule has 92 valence electrons. The molecule has 0 saturated carbocycles. The van der Waals surface area contributed by atoms with Gasteiger partial charge in [0.1, 0.15) is 0 Å². The lowest BCUT2D eigenvalue weighted by atomic mass is 9.80. The maximum atomic E-state index is 12.4. The highest BCUT2D eigenvalue weighted by Crippen LogP contribution is 2.41. The minimum Gasteiger partial charge on any atom is -0.308 e. The number of benzene rings is 1. The van der Waals surface area contributed by atoms with Gasteiger partial charge in [0.2, 0.25) is 0 Å². The number of nitrogens with one attached hydrogen (secondary N) is 1. The van der Waals surface area contributed by atoms with Crippen molar-refractivity contribution in [1.82, 2.24) is 5.32 Å². The van der Waals surface area contributed by atoms with Crippen molar-refractivity contribution in [3.63, 3.8) is 0 Å². The molecule has 0 amide bonds. The highest BCUT2D eigenvalue weighted by atomic mass is 32.2. The molecule has 0 spiro atoms. The Morgan fingerprint density at radius 1 is 1.24 bits per heavy atom. The standard InChI is InChI=1S/C14H19NOS/c1-9-7-13-14(15-8-10(2)17(13)16)12-6-4-3-5-11(9)12/h3-6,9-10,13-15H,7-8H2,1-2H3. The number of fused-ring (bicyclic) bond motifs is 3. The molecule has 2 nitrogen and oxygen atoms in total. The SMILES string of the molecule is CC1CC2C(NCC(C)S2=O)c2ccccc21. The summed E-state index contributed by atoms with van der Waals surface area (Å²) in [6.07, 6.45) is 1.05. The van der Waals surface area contributed by atoms with Gasteiger partial charge in [0.15, 0.2) is 0 Å². The molecule has 17 heavy (non-hydrogen) atoms. The molecule has 0 bridgehead atoms. The number of hydrogen-bond donors (Lipinski definition) is 1. The first kappa shape index (κ1) is 11.4. The quantitative estimate of drug-likeness (QED) is 0.764. The summed E-state index contributed by atoms with van der Waals surface area (Å²) in [5.41, 5.74) is 2.81. The van der Waals surface area contributed by atoms with Crippen LogP contribution >= 0.6 is 0 Å². The Morgan fingerprint density at radius 2 is 1.94 bits per heavy atom. The fourth-order valence-electron chi connectivity index (χ4n) is 3.20. The Bertz CT molecular complexity index is 459. The van der Waals surface area contributed by atoms with Gasteiger partial charge in [0, 0.05) is 28.6 Å². The van der Waals surface area contributed by atoms with Crippen LogP contribution in [0.15, 0.2) is 24.3 Å². The summed E-state index contributed by atoms with van der Waals surface area (Å²) >= 11 is 0. The first-order chi connectivity index (χ1) is 8.18. The van der Waals surface area contributed by atoms with Crippen molar-refractivity contribution in [3.05, 3.63) is 35.4 Å². The monoisotopic (exact) mass is 249 g/mol. The average molecular weight is 249 g/mol. The van der Waals surface area contributed by atoms with E-state index in [-0.39, 0.29) is 5.25 Å². The predicted molar refractivity (Wildman–Crippen MR) is 71.6 cm³/mol. The second-order valence-corrected chi connectivity index (χ2v) is 7.40. The second-order valence-electron chi connectivity index (χ2n) is 5.33. The highest BCUT2D eigenvalue weighted by molar-refractivity contribution is 7.86.